The number of carbonyl (C=O) groups excluding carboxylic acids is 1. The molecule has 1 nitrogen and oxygen atoms in total. The maximum atomic E-state index is 12.1. The summed E-state index contributed by atoms with van der Waals surface area (Å²) >= 11 is 22.2. The van der Waals surface area contributed by atoms with Gasteiger partial charge in [0, 0.05) is 10.6 Å². The smallest absolute Gasteiger partial charge is 0.204 e. The Morgan fingerprint density at radius 2 is 1.82 bits per heavy atom. The lowest BCUT2D eigenvalue weighted by Crippen LogP contribution is -1.99. The standard InChI is InChI=1S/C11H4BrCl3OS/c12-11-8(15)4-9(17-11)10(16)6-2-1-5(13)3-7(6)14/h1-4H. The summed E-state index contributed by atoms with van der Waals surface area (Å²) in [5.41, 5.74) is 0.418. The molecular weight excluding hydrogens is 366 g/mol. The zero-order chi connectivity index (χ0) is 12.6. The highest BCUT2D eigenvalue weighted by Gasteiger charge is 2.17. The molecule has 0 fully saturated rings. The largest absolute Gasteiger partial charge is 0.288 e. The molecule has 2 aromatic rings. The van der Waals surface area contributed by atoms with Crippen molar-refractivity contribution in [3.05, 3.63) is 53.6 Å². The summed E-state index contributed by atoms with van der Waals surface area (Å²) in [7, 11) is 0. The van der Waals surface area contributed by atoms with Crippen molar-refractivity contribution < 1.29 is 4.79 Å². The first-order valence-corrected chi connectivity index (χ1v) is 7.18. The fourth-order valence-corrected chi connectivity index (χ4v) is 3.42. The van der Waals surface area contributed by atoms with E-state index in [2.05, 4.69) is 15.9 Å². The molecule has 17 heavy (non-hydrogen) atoms. The van der Waals surface area contributed by atoms with E-state index in [1.807, 2.05) is 0 Å². The average molecular weight is 370 g/mol. The highest BCUT2D eigenvalue weighted by Crippen LogP contribution is 2.34. The van der Waals surface area contributed by atoms with Crippen LogP contribution in [-0.2, 0) is 0 Å². The monoisotopic (exact) mass is 368 g/mol. The molecule has 1 aromatic carbocycles. The first-order chi connectivity index (χ1) is 7.99. The second-order valence-electron chi connectivity index (χ2n) is 3.19. The molecule has 1 aromatic heterocycles. The van der Waals surface area contributed by atoms with Gasteiger partial charge in [0.25, 0.3) is 0 Å². The SMILES string of the molecule is O=C(c1cc(Cl)c(Br)s1)c1ccc(Cl)cc1Cl. The highest BCUT2D eigenvalue weighted by atomic mass is 79.9. The van der Waals surface area contributed by atoms with Crippen LogP contribution in [0.2, 0.25) is 15.1 Å². The molecule has 0 amide bonds. The Hall–Kier alpha value is -0.0600. The summed E-state index contributed by atoms with van der Waals surface area (Å²) < 4.78 is 0.729. The third-order valence-corrected chi connectivity index (χ3v) is 5.07. The van der Waals surface area contributed by atoms with E-state index in [9.17, 15) is 4.79 Å². The van der Waals surface area contributed by atoms with E-state index in [1.165, 1.54) is 11.3 Å². The van der Waals surface area contributed by atoms with Gasteiger partial charge in [-0.05, 0) is 40.2 Å². The molecule has 1 heterocycles. The third-order valence-electron chi connectivity index (χ3n) is 2.04. The molecule has 0 N–H and O–H groups in total. The Morgan fingerprint density at radius 3 is 2.35 bits per heavy atom. The summed E-state index contributed by atoms with van der Waals surface area (Å²) in [6.45, 7) is 0. The van der Waals surface area contributed by atoms with Gasteiger partial charge in [-0.3, -0.25) is 4.79 Å². The first kappa shape index (κ1) is 13.4. The topological polar surface area (TPSA) is 17.1 Å². The third kappa shape index (κ3) is 2.85. The number of benzene rings is 1. The minimum absolute atomic E-state index is 0.163. The van der Waals surface area contributed by atoms with Gasteiger partial charge in [-0.15, -0.1) is 11.3 Å². The first-order valence-electron chi connectivity index (χ1n) is 4.43. The molecule has 6 heteroatoms. The Kier molecular flexibility index (Phi) is 4.16. The van der Waals surface area contributed by atoms with Gasteiger partial charge in [-0.25, -0.2) is 0 Å². The predicted octanol–water partition coefficient (Wildman–Crippen LogP) is 5.70. The van der Waals surface area contributed by atoms with Crippen LogP contribution in [0.25, 0.3) is 0 Å². The van der Waals surface area contributed by atoms with Crippen molar-refractivity contribution in [2.75, 3.05) is 0 Å². The van der Waals surface area contributed by atoms with Gasteiger partial charge >= 0.3 is 0 Å². The number of carbonyl (C=O) groups is 1. The number of hydrogen-bond donors (Lipinski definition) is 0. The summed E-state index contributed by atoms with van der Waals surface area (Å²) in [6, 6.07) is 6.39. The quantitative estimate of drug-likeness (QED) is 0.620. The average Bonchev–Trinajstić information content (AvgIpc) is 2.58. The van der Waals surface area contributed by atoms with Crippen LogP contribution in [0, 0.1) is 0 Å². The van der Waals surface area contributed by atoms with Crippen LogP contribution in [0.15, 0.2) is 28.1 Å². The van der Waals surface area contributed by atoms with Crippen LogP contribution in [0.3, 0.4) is 0 Å². The van der Waals surface area contributed by atoms with Crippen molar-refractivity contribution in [3.8, 4) is 0 Å². The zero-order valence-electron chi connectivity index (χ0n) is 8.14. The maximum absolute atomic E-state index is 12.1. The fraction of sp³-hybridized carbons (Fsp3) is 0. The van der Waals surface area contributed by atoms with Gasteiger partial charge in [0.1, 0.15) is 0 Å². The molecule has 0 aliphatic rings. The Labute approximate surface area is 125 Å². The second-order valence-corrected chi connectivity index (χ2v) is 6.81. The number of ketones is 1. The molecule has 0 spiro atoms. The fourth-order valence-electron chi connectivity index (χ4n) is 1.26. The van der Waals surface area contributed by atoms with Gasteiger partial charge in [0.2, 0.25) is 5.78 Å². The summed E-state index contributed by atoms with van der Waals surface area (Å²) in [5, 5.41) is 1.35. The minimum Gasteiger partial charge on any atom is -0.288 e. The molecule has 0 saturated carbocycles. The normalized spacial score (nSPS) is 10.6. The van der Waals surface area contributed by atoms with Gasteiger partial charge in [-0.1, -0.05) is 34.8 Å². The lowest BCUT2D eigenvalue weighted by molar-refractivity contribution is 0.104. The minimum atomic E-state index is -0.163. The summed E-state index contributed by atoms with van der Waals surface area (Å²) in [6.07, 6.45) is 0. The molecule has 0 bridgehead atoms. The van der Waals surface area contributed by atoms with Crippen LogP contribution in [-0.4, -0.2) is 5.78 Å². The molecule has 0 atom stereocenters. The molecule has 0 radical (unpaired) electrons. The summed E-state index contributed by atoms with van der Waals surface area (Å²) in [4.78, 5) is 12.7. The van der Waals surface area contributed by atoms with Gasteiger partial charge in [0.05, 0.1) is 18.7 Å². The lowest BCUT2D eigenvalue weighted by atomic mass is 10.1. The van der Waals surface area contributed by atoms with Crippen LogP contribution in [0.4, 0.5) is 0 Å². The molecule has 0 unspecified atom stereocenters. The number of hydrogen-bond acceptors (Lipinski definition) is 2. The Balaban J connectivity index is 2.43. The zero-order valence-corrected chi connectivity index (χ0v) is 12.8. The highest BCUT2D eigenvalue weighted by molar-refractivity contribution is 9.11. The van der Waals surface area contributed by atoms with Crippen molar-refractivity contribution in [3.63, 3.8) is 0 Å². The van der Waals surface area contributed by atoms with Crippen molar-refractivity contribution in [1.29, 1.82) is 0 Å². The lowest BCUT2D eigenvalue weighted by Gasteiger charge is -2.01. The van der Waals surface area contributed by atoms with Gasteiger partial charge < -0.3 is 0 Å². The van der Waals surface area contributed by atoms with E-state index >= 15 is 0 Å². The Morgan fingerprint density at radius 1 is 1.12 bits per heavy atom. The van der Waals surface area contributed by atoms with Crippen LogP contribution >= 0.6 is 62.1 Å². The van der Waals surface area contributed by atoms with Crippen molar-refractivity contribution in [2.24, 2.45) is 0 Å². The van der Waals surface area contributed by atoms with Crippen LogP contribution < -0.4 is 0 Å². The van der Waals surface area contributed by atoms with E-state index in [4.69, 9.17) is 34.8 Å². The van der Waals surface area contributed by atoms with Crippen molar-refractivity contribution in [1.82, 2.24) is 0 Å². The number of halogens is 4. The molecule has 0 aliphatic carbocycles. The van der Waals surface area contributed by atoms with E-state index in [1.54, 1.807) is 24.3 Å². The van der Waals surface area contributed by atoms with E-state index in [-0.39, 0.29) is 5.78 Å². The maximum Gasteiger partial charge on any atom is 0.204 e. The van der Waals surface area contributed by atoms with Crippen LogP contribution in [0.1, 0.15) is 15.2 Å². The molecular formula is C11H4BrCl3OS. The van der Waals surface area contributed by atoms with Gasteiger partial charge in [-0.2, -0.15) is 0 Å². The molecule has 2 rings (SSSR count). The number of rotatable bonds is 2. The number of thiophene rings is 1. The van der Waals surface area contributed by atoms with E-state index in [0.29, 0.717) is 25.5 Å². The predicted molar refractivity (Wildman–Crippen MR) is 76.9 cm³/mol. The van der Waals surface area contributed by atoms with Crippen LogP contribution in [0.5, 0.6) is 0 Å². The molecule has 88 valence electrons. The van der Waals surface area contributed by atoms with E-state index in [0.717, 1.165) is 3.79 Å². The summed E-state index contributed by atoms with van der Waals surface area (Å²) in [5.74, 6) is -0.163. The van der Waals surface area contributed by atoms with Crippen molar-refractivity contribution >= 4 is 67.9 Å². The molecule has 0 aliphatic heterocycles. The van der Waals surface area contributed by atoms with Crippen molar-refractivity contribution in [2.45, 2.75) is 0 Å². The van der Waals surface area contributed by atoms with Gasteiger partial charge in [0.15, 0.2) is 0 Å². The Bertz CT molecular complexity index is 575. The second kappa shape index (κ2) is 5.29. The van der Waals surface area contributed by atoms with E-state index < -0.39 is 0 Å². The molecule has 0 saturated heterocycles.